The summed E-state index contributed by atoms with van der Waals surface area (Å²) < 4.78 is 5.84. The molecule has 166 valence electrons. The van der Waals surface area contributed by atoms with Crippen LogP contribution >= 0.6 is 11.8 Å². The average Bonchev–Trinajstić information content (AvgIpc) is 2.80. The first-order valence-electron chi connectivity index (χ1n) is 9.74. The molecule has 0 aliphatic heterocycles. The van der Waals surface area contributed by atoms with Crippen LogP contribution in [0.2, 0.25) is 0 Å². The molecule has 0 spiro atoms. The van der Waals surface area contributed by atoms with Crippen LogP contribution in [0, 0.1) is 0 Å². The number of carbonyl (C=O) groups excluding carboxylic acids is 3. The van der Waals surface area contributed by atoms with Crippen molar-refractivity contribution in [3.8, 4) is 0 Å². The largest absolute Gasteiger partial charge is 0.468 e. The van der Waals surface area contributed by atoms with Crippen molar-refractivity contribution < 1.29 is 19.1 Å². The molecule has 0 fully saturated rings. The van der Waals surface area contributed by atoms with Gasteiger partial charge in [0.1, 0.15) is 6.54 Å². The summed E-state index contributed by atoms with van der Waals surface area (Å²) in [7, 11) is 1.22. The highest BCUT2D eigenvalue weighted by Crippen LogP contribution is 2.22. The van der Waals surface area contributed by atoms with Gasteiger partial charge in [-0.1, -0.05) is 54.2 Å². The summed E-state index contributed by atoms with van der Waals surface area (Å²) in [5.74, 6) is -1.18. The number of urea groups is 1. The first-order chi connectivity index (χ1) is 15.4. The SMILES string of the molecule is COC(=O)Cn1c(S[C@@H](C)C(=O)NC(=O)NCc2ccccc2)nc2ccccc2c1=O. The number of carbonyl (C=O) groups is 3. The number of imide groups is 1. The van der Waals surface area contributed by atoms with Crippen LogP contribution in [0.4, 0.5) is 4.79 Å². The van der Waals surface area contributed by atoms with Crippen molar-refractivity contribution in [2.45, 2.75) is 30.4 Å². The zero-order valence-corrected chi connectivity index (χ0v) is 18.3. The van der Waals surface area contributed by atoms with Crippen LogP contribution in [-0.4, -0.2) is 39.8 Å². The van der Waals surface area contributed by atoms with Crippen molar-refractivity contribution in [1.82, 2.24) is 20.2 Å². The molecule has 0 aliphatic carbocycles. The molecule has 9 nitrogen and oxygen atoms in total. The molecule has 3 rings (SSSR count). The highest BCUT2D eigenvalue weighted by atomic mass is 32.2. The maximum atomic E-state index is 12.9. The number of hydrogen-bond donors (Lipinski definition) is 2. The molecule has 1 atom stereocenters. The fourth-order valence-electron chi connectivity index (χ4n) is 2.82. The minimum atomic E-state index is -0.769. The number of rotatable bonds is 7. The maximum Gasteiger partial charge on any atom is 0.325 e. The molecule has 1 aromatic heterocycles. The normalized spacial score (nSPS) is 11.6. The number of hydrogen-bond acceptors (Lipinski definition) is 7. The van der Waals surface area contributed by atoms with E-state index in [1.165, 1.54) is 7.11 Å². The van der Waals surface area contributed by atoms with Gasteiger partial charge in [-0.25, -0.2) is 9.78 Å². The highest BCUT2D eigenvalue weighted by molar-refractivity contribution is 8.00. The van der Waals surface area contributed by atoms with Gasteiger partial charge in [-0.2, -0.15) is 0 Å². The Bertz CT molecular complexity index is 1200. The van der Waals surface area contributed by atoms with Crippen molar-refractivity contribution in [3.63, 3.8) is 0 Å². The second-order valence-corrected chi connectivity index (χ2v) is 8.10. The summed E-state index contributed by atoms with van der Waals surface area (Å²) in [6, 6.07) is 15.4. The number of fused-ring (bicyclic) bond motifs is 1. The quantitative estimate of drug-likeness (QED) is 0.319. The molecule has 0 radical (unpaired) electrons. The first-order valence-corrected chi connectivity index (χ1v) is 10.6. The lowest BCUT2D eigenvalue weighted by Crippen LogP contribution is -2.42. The van der Waals surface area contributed by atoms with Crippen LogP contribution in [-0.2, 0) is 27.4 Å². The Morgan fingerprint density at radius 2 is 1.78 bits per heavy atom. The third-order valence-electron chi connectivity index (χ3n) is 4.53. The predicted molar refractivity (Wildman–Crippen MR) is 120 cm³/mol. The number of thioether (sulfide) groups is 1. The number of aromatic nitrogens is 2. The monoisotopic (exact) mass is 454 g/mol. The van der Waals surface area contributed by atoms with E-state index >= 15 is 0 Å². The molecule has 32 heavy (non-hydrogen) atoms. The maximum absolute atomic E-state index is 12.9. The van der Waals surface area contributed by atoms with Gasteiger partial charge in [0, 0.05) is 6.54 Å². The van der Waals surface area contributed by atoms with Crippen LogP contribution in [0.3, 0.4) is 0 Å². The molecule has 2 N–H and O–H groups in total. The Kier molecular flexibility index (Phi) is 7.61. The lowest BCUT2D eigenvalue weighted by molar-refractivity contribution is -0.141. The van der Waals surface area contributed by atoms with E-state index in [9.17, 15) is 19.2 Å². The smallest absolute Gasteiger partial charge is 0.325 e. The van der Waals surface area contributed by atoms with Gasteiger partial charge in [0.05, 0.1) is 23.3 Å². The Balaban J connectivity index is 1.73. The van der Waals surface area contributed by atoms with Crippen LogP contribution in [0.1, 0.15) is 12.5 Å². The van der Waals surface area contributed by atoms with E-state index in [0.717, 1.165) is 21.9 Å². The summed E-state index contributed by atoms with van der Waals surface area (Å²) in [6.45, 7) is 1.50. The van der Waals surface area contributed by atoms with E-state index in [0.29, 0.717) is 10.9 Å². The standard InChI is InChI=1S/C22H22N4O5S/c1-14(19(28)25-21(30)23-12-15-8-4-3-5-9-15)32-22-24-17-11-7-6-10-16(17)20(29)26(22)13-18(27)31-2/h3-11,14H,12-13H2,1-2H3,(H2,23,25,28,30)/t14-/m0/s1. The Morgan fingerprint density at radius 3 is 2.50 bits per heavy atom. The van der Waals surface area contributed by atoms with Gasteiger partial charge in [-0.15, -0.1) is 0 Å². The van der Waals surface area contributed by atoms with Crippen molar-refractivity contribution >= 4 is 40.6 Å². The van der Waals surface area contributed by atoms with Gasteiger partial charge >= 0.3 is 12.0 Å². The predicted octanol–water partition coefficient (Wildman–Crippen LogP) is 2.08. The van der Waals surface area contributed by atoms with Gasteiger partial charge < -0.3 is 10.1 Å². The molecule has 0 saturated heterocycles. The topological polar surface area (TPSA) is 119 Å². The minimum absolute atomic E-state index is 0.173. The molecular weight excluding hydrogens is 432 g/mol. The van der Waals surface area contributed by atoms with E-state index < -0.39 is 28.7 Å². The summed E-state index contributed by atoms with van der Waals surface area (Å²) in [5.41, 5.74) is 0.913. The summed E-state index contributed by atoms with van der Waals surface area (Å²) in [4.78, 5) is 53.7. The molecule has 0 aliphatic rings. The van der Waals surface area contributed by atoms with E-state index in [2.05, 4.69) is 20.4 Å². The molecule has 2 aromatic carbocycles. The van der Waals surface area contributed by atoms with Crippen LogP contribution < -0.4 is 16.2 Å². The van der Waals surface area contributed by atoms with E-state index in [1.54, 1.807) is 31.2 Å². The molecule has 10 heteroatoms. The number of esters is 1. The van der Waals surface area contributed by atoms with E-state index in [1.807, 2.05) is 30.3 Å². The fourth-order valence-corrected chi connectivity index (χ4v) is 3.73. The van der Waals surface area contributed by atoms with Crippen molar-refractivity contribution in [3.05, 3.63) is 70.5 Å². The molecule has 0 unspecified atom stereocenters. The molecule has 3 amide bonds. The number of amides is 3. The average molecular weight is 455 g/mol. The lowest BCUT2D eigenvalue weighted by atomic mass is 10.2. The highest BCUT2D eigenvalue weighted by Gasteiger charge is 2.22. The van der Waals surface area contributed by atoms with Gasteiger partial charge in [-0.05, 0) is 24.6 Å². The van der Waals surface area contributed by atoms with Crippen molar-refractivity contribution in [2.75, 3.05) is 7.11 Å². The van der Waals surface area contributed by atoms with E-state index in [4.69, 9.17) is 0 Å². The van der Waals surface area contributed by atoms with Gasteiger partial charge in [0.15, 0.2) is 5.16 Å². The summed E-state index contributed by atoms with van der Waals surface area (Å²) >= 11 is 0.968. The van der Waals surface area contributed by atoms with E-state index in [-0.39, 0.29) is 18.2 Å². The fraction of sp³-hybridized carbons (Fsp3) is 0.227. The third kappa shape index (κ3) is 5.73. The minimum Gasteiger partial charge on any atom is -0.468 e. The van der Waals surface area contributed by atoms with Gasteiger partial charge in [0.2, 0.25) is 5.91 Å². The van der Waals surface area contributed by atoms with Gasteiger partial charge in [0.25, 0.3) is 5.56 Å². The zero-order chi connectivity index (χ0) is 23.1. The second kappa shape index (κ2) is 10.6. The number of nitrogens with one attached hydrogen (secondary N) is 2. The molecule has 3 aromatic rings. The van der Waals surface area contributed by atoms with Crippen molar-refractivity contribution in [1.29, 1.82) is 0 Å². The number of benzene rings is 2. The first kappa shape index (κ1) is 23.0. The molecular formula is C22H22N4O5S. The lowest BCUT2D eigenvalue weighted by Gasteiger charge is -2.15. The zero-order valence-electron chi connectivity index (χ0n) is 17.5. The number of para-hydroxylation sites is 1. The van der Waals surface area contributed by atoms with Crippen LogP contribution in [0.5, 0.6) is 0 Å². The Morgan fingerprint density at radius 1 is 1.09 bits per heavy atom. The second-order valence-electron chi connectivity index (χ2n) is 6.80. The number of nitrogens with zero attached hydrogens (tertiary/aromatic N) is 2. The summed E-state index contributed by atoms with van der Waals surface area (Å²) in [6.07, 6.45) is 0. The van der Waals surface area contributed by atoms with Crippen LogP contribution in [0.15, 0.2) is 64.5 Å². The number of methoxy groups -OCH3 is 1. The Hall–Kier alpha value is -3.66. The van der Waals surface area contributed by atoms with Gasteiger partial charge in [-0.3, -0.25) is 24.3 Å². The molecule has 0 saturated carbocycles. The summed E-state index contributed by atoms with van der Waals surface area (Å²) in [5, 5.41) is 4.64. The third-order valence-corrected chi connectivity index (χ3v) is 5.62. The molecule has 1 heterocycles. The van der Waals surface area contributed by atoms with Crippen LogP contribution in [0.25, 0.3) is 10.9 Å². The molecule has 0 bridgehead atoms. The number of ether oxygens (including phenoxy) is 1. The van der Waals surface area contributed by atoms with Crippen molar-refractivity contribution in [2.24, 2.45) is 0 Å². The Labute approximate surface area is 188 Å².